The molecule has 0 spiro atoms. The smallest absolute Gasteiger partial charge is 0.292 e. The summed E-state index contributed by atoms with van der Waals surface area (Å²) in [6.45, 7) is 6.09. The van der Waals surface area contributed by atoms with Crippen molar-refractivity contribution in [3.05, 3.63) is 29.0 Å². The first kappa shape index (κ1) is 14.4. The van der Waals surface area contributed by atoms with E-state index in [1.54, 1.807) is 4.90 Å². The van der Waals surface area contributed by atoms with E-state index < -0.39 is 0 Å². The summed E-state index contributed by atoms with van der Waals surface area (Å²) in [7, 11) is 0. The number of fused-ring (bicyclic) bond motifs is 2. The average Bonchev–Trinajstić information content (AvgIpc) is 3.17. The first-order valence-corrected chi connectivity index (χ1v) is 8.33. The maximum atomic E-state index is 12.8. The van der Waals surface area contributed by atoms with E-state index in [0.29, 0.717) is 25.3 Å². The molecule has 0 bridgehead atoms. The lowest BCUT2D eigenvalue weighted by Crippen LogP contribution is -2.37. The van der Waals surface area contributed by atoms with Crippen LogP contribution in [0.2, 0.25) is 0 Å². The quantitative estimate of drug-likeness (QED) is 0.846. The Kier molecular flexibility index (Phi) is 3.43. The molecule has 2 aliphatic heterocycles. The average molecular weight is 315 g/mol. The summed E-state index contributed by atoms with van der Waals surface area (Å²) in [5, 5.41) is 8.32. The Bertz CT molecular complexity index is 746. The Balaban J connectivity index is 1.57. The van der Waals surface area contributed by atoms with E-state index in [4.69, 9.17) is 4.42 Å². The van der Waals surface area contributed by atoms with Crippen molar-refractivity contribution in [1.29, 1.82) is 0 Å². The number of amides is 1. The molecule has 0 saturated heterocycles. The predicted octanol–water partition coefficient (Wildman–Crippen LogP) is 1.92. The molecule has 2 aliphatic rings. The van der Waals surface area contributed by atoms with Gasteiger partial charge in [0.05, 0.1) is 6.54 Å². The van der Waals surface area contributed by atoms with Crippen LogP contribution < -0.4 is 0 Å². The topological polar surface area (TPSA) is 77.1 Å². The van der Waals surface area contributed by atoms with E-state index in [9.17, 15) is 4.79 Å². The van der Waals surface area contributed by atoms with Crippen LogP contribution in [0.5, 0.6) is 0 Å². The van der Waals surface area contributed by atoms with Crippen LogP contribution in [-0.2, 0) is 25.9 Å². The van der Waals surface area contributed by atoms with Gasteiger partial charge < -0.3 is 13.9 Å². The number of hydrogen-bond acceptors (Lipinski definition) is 5. The Hall–Kier alpha value is -2.18. The van der Waals surface area contributed by atoms with Gasteiger partial charge in [0.1, 0.15) is 17.3 Å². The van der Waals surface area contributed by atoms with Crippen molar-refractivity contribution in [2.75, 3.05) is 6.54 Å². The number of rotatable bonds is 2. The third-order valence-corrected chi connectivity index (χ3v) is 4.58. The second kappa shape index (κ2) is 5.47. The van der Waals surface area contributed by atoms with Crippen molar-refractivity contribution < 1.29 is 9.21 Å². The molecule has 23 heavy (non-hydrogen) atoms. The molecule has 0 saturated carbocycles. The van der Waals surface area contributed by atoms with Gasteiger partial charge in [-0.05, 0) is 12.8 Å². The summed E-state index contributed by atoms with van der Waals surface area (Å²) < 4.78 is 7.77. The molecule has 0 radical (unpaired) electrons. The van der Waals surface area contributed by atoms with Crippen molar-refractivity contribution in [1.82, 2.24) is 24.6 Å². The van der Waals surface area contributed by atoms with Crippen molar-refractivity contribution in [3.63, 3.8) is 0 Å². The number of aryl methyl sites for hydroxylation is 1. The molecule has 7 nitrogen and oxygen atoms in total. The highest BCUT2D eigenvalue weighted by Gasteiger charge is 2.30. The molecule has 0 N–H and O–H groups in total. The Morgan fingerprint density at radius 2 is 2.04 bits per heavy atom. The van der Waals surface area contributed by atoms with Gasteiger partial charge in [-0.3, -0.25) is 4.79 Å². The third kappa shape index (κ3) is 2.44. The summed E-state index contributed by atoms with van der Waals surface area (Å²) in [6, 6.07) is 0. The zero-order chi connectivity index (χ0) is 16.0. The first-order valence-electron chi connectivity index (χ1n) is 8.33. The van der Waals surface area contributed by atoms with Gasteiger partial charge in [-0.25, -0.2) is 4.98 Å². The van der Waals surface area contributed by atoms with Crippen molar-refractivity contribution >= 4 is 5.91 Å². The minimum Gasteiger partial charge on any atom is -0.445 e. The first-order chi connectivity index (χ1) is 11.1. The molecule has 0 atom stereocenters. The fraction of sp³-hybridized carbons (Fsp3) is 0.625. The number of oxazole rings is 1. The van der Waals surface area contributed by atoms with Crippen LogP contribution >= 0.6 is 0 Å². The predicted molar refractivity (Wildman–Crippen MR) is 82.0 cm³/mol. The number of hydrogen-bond donors (Lipinski definition) is 0. The second-order valence-corrected chi connectivity index (χ2v) is 6.60. The molecule has 7 heteroatoms. The van der Waals surface area contributed by atoms with Crippen LogP contribution in [0.15, 0.2) is 4.42 Å². The van der Waals surface area contributed by atoms with Crippen molar-refractivity contribution in [2.24, 2.45) is 0 Å². The van der Waals surface area contributed by atoms with Gasteiger partial charge in [-0.2, -0.15) is 0 Å². The normalized spacial score (nSPS) is 17.3. The van der Waals surface area contributed by atoms with E-state index in [0.717, 1.165) is 49.0 Å². The van der Waals surface area contributed by atoms with Gasteiger partial charge in [0, 0.05) is 31.8 Å². The van der Waals surface area contributed by atoms with Crippen LogP contribution in [0.4, 0.5) is 0 Å². The van der Waals surface area contributed by atoms with Crippen LogP contribution in [0, 0.1) is 0 Å². The number of aromatic nitrogens is 4. The van der Waals surface area contributed by atoms with Crippen molar-refractivity contribution in [2.45, 2.75) is 58.5 Å². The van der Waals surface area contributed by atoms with E-state index in [1.807, 2.05) is 4.57 Å². The summed E-state index contributed by atoms with van der Waals surface area (Å²) in [5.41, 5.74) is 0.881. The molecule has 0 unspecified atom stereocenters. The molecule has 1 amide bonds. The monoisotopic (exact) mass is 315 g/mol. The lowest BCUT2D eigenvalue weighted by molar-refractivity contribution is 0.0708. The Morgan fingerprint density at radius 3 is 2.87 bits per heavy atom. The van der Waals surface area contributed by atoms with Crippen LogP contribution in [-0.4, -0.2) is 37.1 Å². The maximum absolute atomic E-state index is 12.8. The van der Waals surface area contributed by atoms with Gasteiger partial charge in [-0.15, -0.1) is 10.2 Å². The maximum Gasteiger partial charge on any atom is 0.292 e. The summed E-state index contributed by atoms with van der Waals surface area (Å²) in [5.74, 6) is 3.28. The van der Waals surface area contributed by atoms with E-state index in [-0.39, 0.29) is 11.8 Å². The van der Waals surface area contributed by atoms with Gasteiger partial charge in [0.2, 0.25) is 5.82 Å². The highest BCUT2D eigenvalue weighted by molar-refractivity contribution is 5.90. The summed E-state index contributed by atoms with van der Waals surface area (Å²) in [6.07, 6.45) is 3.82. The number of nitrogens with zero attached hydrogens (tertiary/aromatic N) is 5. The molecule has 122 valence electrons. The van der Waals surface area contributed by atoms with Crippen LogP contribution in [0.1, 0.15) is 66.4 Å². The molecular formula is C16H21N5O2. The highest BCUT2D eigenvalue weighted by Crippen LogP contribution is 2.25. The minimum atomic E-state index is -0.0506. The molecule has 0 aromatic carbocycles. The second-order valence-electron chi connectivity index (χ2n) is 6.60. The molecular weight excluding hydrogens is 294 g/mol. The van der Waals surface area contributed by atoms with E-state index >= 15 is 0 Å². The molecule has 0 fully saturated rings. The largest absolute Gasteiger partial charge is 0.445 e. The SMILES string of the molecule is CC(C)c1nc2c(o1)CCN(C(=O)c1nnc3n1CCCC3)C2. The molecule has 4 rings (SSSR count). The van der Waals surface area contributed by atoms with E-state index in [1.165, 1.54) is 0 Å². The molecule has 0 aliphatic carbocycles. The lowest BCUT2D eigenvalue weighted by Gasteiger charge is -2.25. The zero-order valence-electron chi connectivity index (χ0n) is 13.6. The van der Waals surface area contributed by atoms with Crippen LogP contribution in [0.3, 0.4) is 0 Å². The third-order valence-electron chi connectivity index (χ3n) is 4.58. The van der Waals surface area contributed by atoms with Crippen LogP contribution in [0.25, 0.3) is 0 Å². The highest BCUT2D eigenvalue weighted by atomic mass is 16.4. The van der Waals surface area contributed by atoms with Crippen molar-refractivity contribution in [3.8, 4) is 0 Å². The Labute approximate surface area is 134 Å². The Morgan fingerprint density at radius 1 is 1.17 bits per heavy atom. The number of carbonyl (C=O) groups excluding carboxylic acids is 1. The van der Waals surface area contributed by atoms with Gasteiger partial charge in [0.25, 0.3) is 5.91 Å². The zero-order valence-corrected chi connectivity index (χ0v) is 13.6. The van der Waals surface area contributed by atoms with E-state index in [2.05, 4.69) is 29.0 Å². The lowest BCUT2D eigenvalue weighted by atomic mass is 10.1. The summed E-state index contributed by atoms with van der Waals surface area (Å²) in [4.78, 5) is 19.2. The van der Waals surface area contributed by atoms with Gasteiger partial charge in [-0.1, -0.05) is 13.8 Å². The number of carbonyl (C=O) groups is 1. The molecule has 2 aromatic rings. The van der Waals surface area contributed by atoms with Gasteiger partial charge >= 0.3 is 0 Å². The van der Waals surface area contributed by atoms with Gasteiger partial charge in [0.15, 0.2) is 5.89 Å². The minimum absolute atomic E-state index is 0.0506. The standard InChI is InChI=1S/C16H21N5O2/c1-10(2)15-17-11-9-20(8-6-12(11)23-15)16(22)14-19-18-13-5-3-4-7-21(13)14/h10H,3-9H2,1-2H3. The summed E-state index contributed by atoms with van der Waals surface area (Å²) >= 11 is 0. The fourth-order valence-corrected chi connectivity index (χ4v) is 3.25. The fourth-order valence-electron chi connectivity index (χ4n) is 3.25. The molecule has 2 aromatic heterocycles. The molecule has 4 heterocycles.